The highest BCUT2D eigenvalue weighted by molar-refractivity contribution is 7.99. The number of ether oxygens (including phenoxy) is 1. The Labute approximate surface area is 120 Å². The summed E-state index contributed by atoms with van der Waals surface area (Å²) in [5.41, 5.74) is 0. The van der Waals surface area contributed by atoms with Gasteiger partial charge in [-0.3, -0.25) is 0 Å². The molecular weight excluding hydrogens is 286 g/mol. The summed E-state index contributed by atoms with van der Waals surface area (Å²) < 4.78 is 7.17. The normalized spacial score (nSPS) is 10.9. The van der Waals surface area contributed by atoms with E-state index in [-0.39, 0.29) is 0 Å². The predicted molar refractivity (Wildman–Crippen MR) is 72.2 cm³/mol. The van der Waals surface area contributed by atoms with Gasteiger partial charge in [-0.1, -0.05) is 11.6 Å². The molecule has 0 aromatic carbocycles. The number of rotatable bonds is 5. The van der Waals surface area contributed by atoms with E-state index in [1.54, 1.807) is 6.07 Å². The minimum Gasteiger partial charge on any atom is -0.374 e. The van der Waals surface area contributed by atoms with Gasteiger partial charge in [0.25, 0.3) is 0 Å². The Kier molecular flexibility index (Phi) is 4.73. The molecule has 0 saturated carbocycles. The van der Waals surface area contributed by atoms with Gasteiger partial charge in [0.1, 0.15) is 22.6 Å². The fourth-order valence-corrected chi connectivity index (χ4v) is 2.45. The molecule has 0 aliphatic heterocycles. The van der Waals surface area contributed by atoms with Gasteiger partial charge in [-0.15, -0.1) is 10.2 Å². The molecule has 0 aliphatic carbocycles. The van der Waals surface area contributed by atoms with Crippen LogP contribution in [-0.2, 0) is 18.4 Å². The lowest BCUT2D eigenvalue weighted by Gasteiger charge is -2.05. The summed E-state index contributed by atoms with van der Waals surface area (Å²) in [4.78, 5) is 8.49. The average molecular weight is 300 g/mol. The van der Waals surface area contributed by atoms with Crippen molar-refractivity contribution in [2.75, 3.05) is 6.61 Å². The van der Waals surface area contributed by atoms with E-state index in [4.69, 9.17) is 16.3 Å². The molecule has 102 valence electrons. The maximum absolute atomic E-state index is 5.98. The first-order valence-corrected chi connectivity index (χ1v) is 6.94. The Morgan fingerprint density at radius 3 is 2.79 bits per heavy atom. The Balaban J connectivity index is 2.20. The molecule has 0 bridgehead atoms. The van der Waals surface area contributed by atoms with Crippen LogP contribution in [0.3, 0.4) is 0 Å². The number of aryl methyl sites for hydroxylation is 1. The van der Waals surface area contributed by atoms with Crippen molar-refractivity contribution in [1.82, 2.24) is 24.7 Å². The molecule has 2 rings (SSSR count). The van der Waals surface area contributed by atoms with E-state index in [2.05, 4.69) is 20.2 Å². The zero-order valence-corrected chi connectivity index (χ0v) is 12.5. The molecule has 8 heteroatoms. The lowest BCUT2D eigenvalue weighted by atomic mass is 10.6. The molecule has 0 amide bonds. The highest BCUT2D eigenvalue weighted by Crippen LogP contribution is 2.26. The number of halogens is 1. The second-order valence-electron chi connectivity index (χ2n) is 3.77. The van der Waals surface area contributed by atoms with Crippen molar-refractivity contribution >= 4 is 23.4 Å². The first kappa shape index (κ1) is 14.2. The van der Waals surface area contributed by atoms with Gasteiger partial charge in [-0.05, 0) is 25.6 Å². The van der Waals surface area contributed by atoms with Crippen LogP contribution in [0.25, 0.3) is 0 Å². The van der Waals surface area contributed by atoms with Gasteiger partial charge in [0.05, 0.1) is 0 Å². The van der Waals surface area contributed by atoms with Crippen molar-refractivity contribution in [2.45, 2.75) is 30.6 Å². The van der Waals surface area contributed by atoms with E-state index in [0.29, 0.717) is 24.2 Å². The van der Waals surface area contributed by atoms with Crippen LogP contribution in [0, 0.1) is 6.92 Å². The van der Waals surface area contributed by atoms with Gasteiger partial charge in [0.15, 0.2) is 11.0 Å². The first-order valence-electron chi connectivity index (χ1n) is 5.75. The minimum absolute atomic E-state index is 0.350. The summed E-state index contributed by atoms with van der Waals surface area (Å²) in [5.74, 6) is 1.41. The average Bonchev–Trinajstić information content (AvgIpc) is 2.68. The van der Waals surface area contributed by atoms with Crippen molar-refractivity contribution in [3.63, 3.8) is 0 Å². The first-order chi connectivity index (χ1) is 9.10. The second-order valence-corrected chi connectivity index (χ2v) is 5.15. The summed E-state index contributed by atoms with van der Waals surface area (Å²) >= 11 is 7.37. The molecule has 0 unspecified atom stereocenters. The molecule has 0 radical (unpaired) electrons. The van der Waals surface area contributed by atoms with Gasteiger partial charge >= 0.3 is 0 Å². The third kappa shape index (κ3) is 3.65. The Morgan fingerprint density at radius 2 is 2.16 bits per heavy atom. The number of hydrogen-bond donors (Lipinski definition) is 0. The molecule has 0 fully saturated rings. The summed E-state index contributed by atoms with van der Waals surface area (Å²) in [6, 6.07) is 1.70. The van der Waals surface area contributed by atoms with Crippen molar-refractivity contribution in [1.29, 1.82) is 0 Å². The maximum Gasteiger partial charge on any atom is 0.197 e. The third-order valence-corrected chi connectivity index (χ3v) is 3.55. The van der Waals surface area contributed by atoms with Crippen molar-refractivity contribution in [2.24, 2.45) is 7.05 Å². The maximum atomic E-state index is 5.98. The molecule has 0 atom stereocenters. The molecule has 6 nitrogen and oxygen atoms in total. The van der Waals surface area contributed by atoms with E-state index in [1.807, 2.05) is 25.5 Å². The van der Waals surface area contributed by atoms with Crippen LogP contribution in [-0.4, -0.2) is 31.3 Å². The van der Waals surface area contributed by atoms with Crippen LogP contribution in [0.1, 0.15) is 18.6 Å². The molecule has 0 aliphatic rings. The van der Waals surface area contributed by atoms with E-state index < -0.39 is 0 Å². The summed E-state index contributed by atoms with van der Waals surface area (Å²) in [6.07, 6.45) is 0. The topological polar surface area (TPSA) is 65.7 Å². The van der Waals surface area contributed by atoms with E-state index in [9.17, 15) is 0 Å². The summed E-state index contributed by atoms with van der Waals surface area (Å²) in [6.45, 7) is 4.77. The lowest BCUT2D eigenvalue weighted by Crippen LogP contribution is -2.01. The monoisotopic (exact) mass is 299 g/mol. The smallest absolute Gasteiger partial charge is 0.197 e. The highest BCUT2D eigenvalue weighted by Gasteiger charge is 2.10. The van der Waals surface area contributed by atoms with E-state index in [1.165, 1.54) is 11.8 Å². The van der Waals surface area contributed by atoms with Gasteiger partial charge in [0.2, 0.25) is 0 Å². The standard InChI is InChI=1S/C11H14ClN5OS/c1-4-18-6-9-13-8(12)5-10(14-9)19-11-16-15-7(2)17(11)3/h5H,4,6H2,1-3H3. The van der Waals surface area contributed by atoms with Crippen LogP contribution >= 0.6 is 23.4 Å². The van der Waals surface area contributed by atoms with Gasteiger partial charge in [0, 0.05) is 19.7 Å². The van der Waals surface area contributed by atoms with Gasteiger partial charge in [-0.2, -0.15) is 0 Å². The quantitative estimate of drug-likeness (QED) is 0.789. The molecule has 2 aromatic rings. The van der Waals surface area contributed by atoms with Crippen LogP contribution in [0.5, 0.6) is 0 Å². The Hall–Kier alpha value is -1.18. The highest BCUT2D eigenvalue weighted by atomic mass is 35.5. The van der Waals surface area contributed by atoms with Crippen LogP contribution in [0.2, 0.25) is 5.15 Å². The second kappa shape index (κ2) is 6.31. The largest absolute Gasteiger partial charge is 0.374 e. The predicted octanol–water partition coefficient (Wildman–Crippen LogP) is 2.25. The molecule has 0 N–H and O–H groups in total. The zero-order chi connectivity index (χ0) is 13.8. The van der Waals surface area contributed by atoms with Crippen molar-refractivity contribution in [3.8, 4) is 0 Å². The zero-order valence-electron chi connectivity index (χ0n) is 10.9. The molecule has 2 heterocycles. The van der Waals surface area contributed by atoms with Crippen LogP contribution in [0.15, 0.2) is 16.2 Å². The number of aromatic nitrogens is 5. The van der Waals surface area contributed by atoms with E-state index in [0.717, 1.165) is 16.0 Å². The molecule has 2 aromatic heterocycles. The molecule has 19 heavy (non-hydrogen) atoms. The number of hydrogen-bond acceptors (Lipinski definition) is 6. The fraction of sp³-hybridized carbons (Fsp3) is 0.455. The lowest BCUT2D eigenvalue weighted by molar-refractivity contribution is 0.128. The van der Waals surface area contributed by atoms with Gasteiger partial charge < -0.3 is 9.30 Å². The van der Waals surface area contributed by atoms with Crippen molar-refractivity contribution < 1.29 is 4.74 Å². The summed E-state index contributed by atoms with van der Waals surface area (Å²) in [5, 5.41) is 9.95. The van der Waals surface area contributed by atoms with Gasteiger partial charge in [-0.25, -0.2) is 9.97 Å². The fourth-order valence-electron chi connectivity index (χ4n) is 1.32. The summed E-state index contributed by atoms with van der Waals surface area (Å²) in [7, 11) is 1.90. The Morgan fingerprint density at radius 1 is 1.37 bits per heavy atom. The van der Waals surface area contributed by atoms with Crippen LogP contribution < -0.4 is 0 Å². The molecule has 0 saturated heterocycles. The molecule has 0 spiro atoms. The van der Waals surface area contributed by atoms with Crippen LogP contribution in [0.4, 0.5) is 0 Å². The minimum atomic E-state index is 0.350. The molecular formula is C11H14ClN5OS. The SMILES string of the molecule is CCOCc1nc(Cl)cc(Sc2nnc(C)n2C)n1. The van der Waals surface area contributed by atoms with E-state index >= 15 is 0 Å². The third-order valence-electron chi connectivity index (χ3n) is 2.40. The number of nitrogens with zero attached hydrogens (tertiary/aromatic N) is 5. The Bertz CT molecular complexity index is 574. The van der Waals surface area contributed by atoms with Crippen molar-refractivity contribution in [3.05, 3.63) is 22.9 Å².